The number of carbonyl (C=O) groups excluding carboxylic acids is 1. The van der Waals surface area contributed by atoms with Gasteiger partial charge in [-0.1, -0.05) is 61.4 Å². The molecule has 2 aromatic rings. The molecule has 0 fully saturated rings. The molecule has 1 heterocycles. The maximum Gasteiger partial charge on any atom is 0.303 e. The van der Waals surface area contributed by atoms with Gasteiger partial charge < -0.3 is 10.0 Å². The average molecular weight is 378 g/mol. The summed E-state index contributed by atoms with van der Waals surface area (Å²) >= 11 is 0. The monoisotopic (exact) mass is 378 g/mol. The number of hydrogen-bond donors (Lipinski definition) is 1. The number of unbranched alkanes of at least 4 members (excludes halogenated alkanes) is 3. The summed E-state index contributed by atoms with van der Waals surface area (Å²) in [7, 11) is 0. The van der Waals surface area contributed by atoms with Gasteiger partial charge in [0.25, 0.3) is 0 Å². The highest BCUT2D eigenvalue weighted by Crippen LogP contribution is 2.27. The number of aliphatic imine (C=N–C) groups is 1. The van der Waals surface area contributed by atoms with Gasteiger partial charge in [0.15, 0.2) is 0 Å². The molecule has 5 nitrogen and oxygen atoms in total. The molecule has 146 valence electrons. The van der Waals surface area contributed by atoms with E-state index in [1.807, 2.05) is 59.5 Å². The van der Waals surface area contributed by atoms with Gasteiger partial charge in [-0.25, -0.2) is 0 Å². The van der Waals surface area contributed by atoms with Crippen molar-refractivity contribution in [2.75, 3.05) is 18.0 Å². The number of carboxylic acid groups (broad SMARTS) is 1. The van der Waals surface area contributed by atoms with Crippen molar-refractivity contribution in [1.29, 1.82) is 0 Å². The Morgan fingerprint density at radius 3 is 2.32 bits per heavy atom. The minimum atomic E-state index is -0.758. The number of amides is 1. The largest absolute Gasteiger partial charge is 0.481 e. The summed E-state index contributed by atoms with van der Waals surface area (Å²) in [6, 6.07) is 18.0. The molecule has 1 amide bonds. The highest BCUT2D eigenvalue weighted by molar-refractivity contribution is 6.17. The summed E-state index contributed by atoms with van der Waals surface area (Å²) in [5.74, 6) is -0.651. The number of para-hydroxylation sites is 1. The van der Waals surface area contributed by atoms with Crippen LogP contribution in [0, 0.1) is 0 Å². The highest BCUT2D eigenvalue weighted by Gasteiger charge is 2.23. The summed E-state index contributed by atoms with van der Waals surface area (Å²) in [4.78, 5) is 30.1. The third kappa shape index (κ3) is 5.06. The Kier molecular flexibility index (Phi) is 6.95. The Hall–Kier alpha value is -2.95. The van der Waals surface area contributed by atoms with E-state index in [1.54, 1.807) is 0 Å². The number of nitrogens with zero attached hydrogens (tertiary/aromatic N) is 2. The van der Waals surface area contributed by atoms with Crippen LogP contribution in [0.4, 0.5) is 5.69 Å². The number of fused-ring (bicyclic) bond motifs is 1. The first-order valence-electron chi connectivity index (χ1n) is 9.88. The smallest absolute Gasteiger partial charge is 0.303 e. The molecule has 0 spiro atoms. The van der Waals surface area contributed by atoms with Crippen LogP contribution in [0.15, 0.2) is 59.6 Å². The summed E-state index contributed by atoms with van der Waals surface area (Å²) in [5.41, 5.74) is 3.89. The Morgan fingerprint density at radius 2 is 1.57 bits per heavy atom. The predicted molar refractivity (Wildman–Crippen MR) is 111 cm³/mol. The number of aliphatic carboxylic acids is 1. The quantitative estimate of drug-likeness (QED) is 0.697. The van der Waals surface area contributed by atoms with Gasteiger partial charge in [0.1, 0.15) is 0 Å². The molecule has 1 aliphatic rings. The van der Waals surface area contributed by atoms with Crippen LogP contribution in [0.5, 0.6) is 0 Å². The van der Waals surface area contributed by atoms with E-state index in [-0.39, 0.29) is 12.3 Å². The molecule has 3 rings (SSSR count). The van der Waals surface area contributed by atoms with Crippen LogP contribution < -0.4 is 4.90 Å². The van der Waals surface area contributed by atoms with Crippen LogP contribution in [0.1, 0.15) is 49.7 Å². The fourth-order valence-electron chi connectivity index (χ4n) is 3.52. The van der Waals surface area contributed by atoms with Crippen LogP contribution in [0.2, 0.25) is 0 Å². The Morgan fingerprint density at radius 1 is 0.893 bits per heavy atom. The van der Waals surface area contributed by atoms with Crippen LogP contribution in [-0.2, 0) is 9.59 Å². The van der Waals surface area contributed by atoms with Crippen molar-refractivity contribution < 1.29 is 14.7 Å². The zero-order chi connectivity index (χ0) is 19.8. The van der Waals surface area contributed by atoms with Gasteiger partial charge in [0.2, 0.25) is 5.91 Å². The Labute approximate surface area is 165 Å². The number of carbonyl (C=O) groups is 2. The van der Waals surface area contributed by atoms with Crippen LogP contribution in [0.25, 0.3) is 0 Å². The van der Waals surface area contributed by atoms with E-state index in [0.29, 0.717) is 25.9 Å². The second kappa shape index (κ2) is 9.83. The van der Waals surface area contributed by atoms with Crippen LogP contribution >= 0.6 is 0 Å². The lowest BCUT2D eigenvalue weighted by atomic mass is 10.00. The third-order valence-electron chi connectivity index (χ3n) is 4.92. The highest BCUT2D eigenvalue weighted by atomic mass is 16.4. The summed E-state index contributed by atoms with van der Waals surface area (Å²) in [5, 5.41) is 8.68. The second-order valence-corrected chi connectivity index (χ2v) is 6.97. The molecular formula is C23H26N2O3. The lowest BCUT2D eigenvalue weighted by molar-refractivity contribution is -0.137. The molecule has 0 aliphatic carbocycles. The number of benzodiazepines with no additional fused rings is 1. The van der Waals surface area contributed by atoms with Crippen LogP contribution in [-0.4, -0.2) is 35.8 Å². The first-order valence-corrected chi connectivity index (χ1v) is 9.88. The molecule has 0 saturated heterocycles. The molecule has 0 saturated carbocycles. The molecule has 2 aromatic carbocycles. The number of benzene rings is 2. The molecule has 1 N–H and O–H groups in total. The van der Waals surface area contributed by atoms with Crippen molar-refractivity contribution >= 4 is 23.3 Å². The molecule has 0 unspecified atom stereocenters. The van der Waals surface area contributed by atoms with E-state index in [2.05, 4.69) is 0 Å². The average Bonchev–Trinajstić information content (AvgIpc) is 2.91. The lowest BCUT2D eigenvalue weighted by Crippen LogP contribution is -2.33. The van der Waals surface area contributed by atoms with E-state index in [0.717, 1.165) is 41.8 Å². The number of hydrogen-bond acceptors (Lipinski definition) is 3. The van der Waals surface area contributed by atoms with Crippen molar-refractivity contribution in [1.82, 2.24) is 0 Å². The molecule has 0 atom stereocenters. The summed E-state index contributed by atoms with van der Waals surface area (Å²) < 4.78 is 0. The van der Waals surface area contributed by atoms with Gasteiger partial charge in [-0.3, -0.25) is 14.6 Å². The van der Waals surface area contributed by atoms with Gasteiger partial charge in [-0.15, -0.1) is 0 Å². The van der Waals surface area contributed by atoms with Crippen molar-refractivity contribution in [3.8, 4) is 0 Å². The van der Waals surface area contributed by atoms with Gasteiger partial charge in [-0.05, 0) is 18.9 Å². The van der Waals surface area contributed by atoms with Gasteiger partial charge in [0, 0.05) is 30.5 Å². The molecule has 28 heavy (non-hydrogen) atoms. The molecule has 0 bridgehead atoms. The molecule has 5 heteroatoms. The van der Waals surface area contributed by atoms with Crippen molar-refractivity contribution in [2.24, 2.45) is 4.99 Å². The fraction of sp³-hybridized carbons (Fsp3) is 0.348. The standard InChI is InChI=1S/C23H26N2O3/c26-21(14-6-1-2-7-15-22(27)28)25-17-16-24-23(18-10-4-3-5-11-18)19-12-8-9-13-20(19)25/h3-5,8-13H,1-2,6-7,14-17H2,(H,27,28). The number of anilines is 1. The first kappa shape index (κ1) is 19.8. The zero-order valence-electron chi connectivity index (χ0n) is 16.0. The van der Waals surface area contributed by atoms with E-state index in [4.69, 9.17) is 10.1 Å². The summed E-state index contributed by atoms with van der Waals surface area (Å²) in [6.07, 6.45) is 3.85. The van der Waals surface area contributed by atoms with E-state index in [1.165, 1.54) is 0 Å². The predicted octanol–water partition coefficient (Wildman–Crippen LogP) is 4.30. The van der Waals surface area contributed by atoms with E-state index in [9.17, 15) is 9.59 Å². The normalized spacial score (nSPS) is 13.4. The topological polar surface area (TPSA) is 70.0 Å². The second-order valence-electron chi connectivity index (χ2n) is 6.97. The minimum absolute atomic E-state index is 0.107. The van der Waals surface area contributed by atoms with Crippen molar-refractivity contribution in [3.63, 3.8) is 0 Å². The minimum Gasteiger partial charge on any atom is -0.481 e. The number of rotatable bonds is 8. The maximum atomic E-state index is 12.9. The Bertz CT molecular complexity index is 846. The summed E-state index contributed by atoms with van der Waals surface area (Å²) in [6.45, 7) is 1.15. The SMILES string of the molecule is O=C(O)CCCCCCC(=O)N1CCN=C(c2ccccc2)c2ccccc21. The van der Waals surface area contributed by atoms with Crippen LogP contribution in [0.3, 0.4) is 0 Å². The first-order chi connectivity index (χ1) is 13.7. The van der Waals surface area contributed by atoms with E-state index >= 15 is 0 Å². The zero-order valence-corrected chi connectivity index (χ0v) is 16.0. The van der Waals surface area contributed by atoms with E-state index < -0.39 is 5.97 Å². The molecule has 1 aliphatic heterocycles. The maximum absolute atomic E-state index is 12.9. The van der Waals surface area contributed by atoms with Crippen molar-refractivity contribution in [3.05, 3.63) is 65.7 Å². The van der Waals surface area contributed by atoms with Gasteiger partial charge >= 0.3 is 5.97 Å². The molecular weight excluding hydrogens is 352 g/mol. The molecule has 0 radical (unpaired) electrons. The van der Waals surface area contributed by atoms with Gasteiger partial charge in [-0.2, -0.15) is 0 Å². The molecule has 0 aromatic heterocycles. The Balaban J connectivity index is 1.68. The third-order valence-corrected chi connectivity index (χ3v) is 4.92. The number of carboxylic acids is 1. The van der Waals surface area contributed by atoms with Gasteiger partial charge in [0.05, 0.1) is 17.9 Å². The fourth-order valence-corrected chi connectivity index (χ4v) is 3.52. The lowest BCUT2D eigenvalue weighted by Gasteiger charge is -2.23. The van der Waals surface area contributed by atoms with Crippen molar-refractivity contribution in [2.45, 2.75) is 38.5 Å².